The smallest absolute Gasteiger partial charge is 0.167 e. The molecule has 2 rings (SSSR count). The van der Waals surface area contributed by atoms with Crippen LogP contribution in [0.1, 0.15) is 34.8 Å². The fourth-order valence-corrected chi connectivity index (χ4v) is 2.18. The highest BCUT2D eigenvalue weighted by Crippen LogP contribution is 2.13. The fourth-order valence-electron chi connectivity index (χ4n) is 2.18. The molecule has 0 bridgehead atoms. The number of aryl methyl sites for hydroxylation is 1. The second kappa shape index (κ2) is 6.19. The molecule has 0 heterocycles. The van der Waals surface area contributed by atoms with Crippen molar-refractivity contribution in [2.75, 3.05) is 5.73 Å². The molecule has 0 aliphatic carbocycles. The first-order valence-corrected chi connectivity index (χ1v) is 6.65. The minimum Gasteiger partial charge on any atom is -0.399 e. The number of anilines is 1. The fraction of sp³-hybridized carbons (Fsp3) is 0.235. The van der Waals surface area contributed by atoms with Crippen LogP contribution in [0, 0.1) is 0 Å². The average Bonchev–Trinajstić information content (AvgIpc) is 2.39. The van der Waals surface area contributed by atoms with Gasteiger partial charge in [-0.1, -0.05) is 43.7 Å². The van der Waals surface area contributed by atoms with E-state index < -0.39 is 0 Å². The third-order valence-corrected chi connectivity index (χ3v) is 3.10. The van der Waals surface area contributed by atoms with Gasteiger partial charge >= 0.3 is 0 Å². The zero-order valence-electron chi connectivity index (χ0n) is 11.2. The van der Waals surface area contributed by atoms with E-state index >= 15 is 0 Å². The molecule has 2 nitrogen and oxygen atoms in total. The van der Waals surface area contributed by atoms with Gasteiger partial charge in [0.05, 0.1) is 0 Å². The van der Waals surface area contributed by atoms with Crippen LogP contribution in [-0.2, 0) is 12.8 Å². The molecule has 98 valence electrons. The van der Waals surface area contributed by atoms with E-state index in [1.54, 1.807) is 0 Å². The number of nitrogen functional groups attached to an aromatic ring is 1. The molecule has 0 aromatic heterocycles. The highest BCUT2D eigenvalue weighted by Gasteiger charge is 2.07. The standard InChI is InChI=1S/C17H19NO/c1-2-5-13-6-3-8-15(10-13)17(19)12-14-7-4-9-16(18)11-14/h3-4,6-11H,2,5,12,18H2,1H3. The van der Waals surface area contributed by atoms with Crippen molar-refractivity contribution in [1.29, 1.82) is 0 Å². The summed E-state index contributed by atoms with van der Waals surface area (Å²) in [5.41, 5.74) is 9.40. The van der Waals surface area contributed by atoms with Gasteiger partial charge in [0.25, 0.3) is 0 Å². The Bertz CT molecular complexity index is 575. The van der Waals surface area contributed by atoms with Crippen LogP contribution in [0.15, 0.2) is 48.5 Å². The molecule has 0 fully saturated rings. The van der Waals surface area contributed by atoms with Gasteiger partial charge in [0.2, 0.25) is 0 Å². The predicted octanol–water partition coefficient (Wildman–Crippen LogP) is 3.65. The molecule has 2 aromatic rings. The highest BCUT2D eigenvalue weighted by atomic mass is 16.1. The Morgan fingerprint density at radius 3 is 2.53 bits per heavy atom. The van der Waals surface area contributed by atoms with E-state index in [9.17, 15) is 4.79 Å². The molecule has 0 amide bonds. The summed E-state index contributed by atoms with van der Waals surface area (Å²) in [5, 5.41) is 0. The van der Waals surface area contributed by atoms with E-state index in [0.717, 1.165) is 24.0 Å². The maximum atomic E-state index is 12.2. The second-order valence-electron chi connectivity index (χ2n) is 4.80. The summed E-state index contributed by atoms with van der Waals surface area (Å²) >= 11 is 0. The zero-order chi connectivity index (χ0) is 13.7. The average molecular weight is 253 g/mol. The minimum atomic E-state index is 0.142. The first-order valence-electron chi connectivity index (χ1n) is 6.65. The Labute approximate surface area is 114 Å². The topological polar surface area (TPSA) is 43.1 Å². The lowest BCUT2D eigenvalue weighted by Gasteiger charge is -2.05. The van der Waals surface area contributed by atoms with Crippen LogP contribution < -0.4 is 5.73 Å². The summed E-state index contributed by atoms with van der Waals surface area (Å²) in [4.78, 5) is 12.2. The summed E-state index contributed by atoms with van der Waals surface area (Å²) in [6, 6.07) is 15.4. The van der Waals surface area contributed by atoms with Crippen LogP contribution in [0.5, 0.6) is 0 Å². The molecule has 0 aliphatic heterocycles. The van der Waals surface area contributed by atoms with Gasteiger partial charge in [0.1, 0.15) is 0 Å². The van der Waals surface area contributed by atoms with E-state index in [4.69, 9.17) is 5.73 Å². The quantitative estimate of drug-likeness (QED) is 0.653. The molecular formula is C17H19NO. The third-order valence-electron chi connectivity index (χ3n) is 3.10. The lowest BCUT2D eigenvalue weighted by Crippen LogP contribution is -2.04. The van der Waals surface area contributed by atoms with Gasteiger partial charge in [-0.25, -0.2) is 0 Å². The van der Waals surface area contributed by atoms with Gasteiger partial charge in [-0.15, -0.1) is 0 Å². The van der Waals surface area contributed by atoms with Crippen molar-refractivity contribution in [2.24, 2.45) is 0 Å². The molecule has 2 aromatic carbocycles. The number of Topliss-reactive ketones (excluding diaryl/α,β-unsaturated/α-hetero) is 1. The summed E-state index contributed by atoms with van der Waals surface area (Å²) in [7, 11) is 0. The van der Waals surface area contributed by atoms with E-state index in [-0.39, 0.29) is 5.78 Å². The number of hydrogen-bond donors (Lipinski definition) is 1. The summed E-state index contributed by atoms with van der Waals surface area (Å²) in [5.74, 6) is 0.142. The first kappa shape index (κ1) is 13.3. The van der Waals surface area contributed by atoms with Crippen molar-refractivity contribution in [3.05, 3.63) is 65.2 Å². The predicted molar refractivity (Wildman–Crippen MR) is 79.3 cm³/mol. The Morgan fingerprint density at radius 1 is 1.05 bits per heavy atom. The third kappa shape index (κ3) is 3.68. The largest absolute Gasteiger partial charge is 0.399 e. The lowest BCUT2D eigenvalue weighted by atomic mass is 10.00. The Morgan fingerprint density at radius 2 is 1.79 bits per heavy atom. The van der Waals surface area contributed by atoms with Gasteiger partial charge in [-0.2, -0.15) is 0 Å². The molecule has 2 N–H and O–H groups in total. The van der Waals surface area contributed by atoms with Crippen molar-refractivity contribution in [3.63, 3.8) is 0 Å². The summed E-state index contributed by atoms with van der Waals surface area (Å²) in [6.07, 6.45) is 2.51. The Kier molecular flexibility index (Phi) is 4.35. The molecule has 0 unspecified atom stereocenters. The Hall–Kier alpha value is -2.09. The molecule has 0 spiro atoms. The molecule has 0 radical (unpaired) electrons. The van der Waals surface area contributed by atoms with Crippen molar-refractivity contribution < 1.29 is 4.79 Å². The van der Waals surface area contributed by atoms with Crippen molar-refractivity contribution >= 4 is 11.5 Å². The van der Waals surface area contributed by atoms with Crippen molar-refractivity contribution in [3.8, 4) is 0 Å². The van der Waals surface area contributed by atoms with Crippen LogP contribution >= 0.6 is 0 Å². The van der Waals surface area contributed by atoms with Crippen LogP contribution in [0.25, 0.3) is 0 Å². The number of rotatable bonds is 5. The van der Waals surface area contributed by atoms with Crippen molar-refractivity contribution in [2.45, 2.75) is 26.2 Å². The second-order valence-corrected chi connectivity index (χ2v) is 4.80. The van der Waals surface area contributed by atoms with Crippen LogP contribution in [0.2, 0.25) is 0 Å². The SMILES string of the molecule is CCCc1cccc(C(=O)Cc2cccc(N)c2)c1. The van der Waals surface area contributed by atoms with Gasteiger partial charge in [0.15, 0.2) is 5.78 Å². The van der Waals surface area contributed by atoms with E-state index in [0.29, 0.717) is 12.1 Å². The molecule has 0 atom stereocenters. The molecular weight excluding hydrogens is 234 g/mol. The monoisotopic (exact) mass is 253 g/mol. The van der Waals surface area contributed by atoms with Gasteiger partial charge in [-0.05, 0) is 35.7 Å². The van der Waals surface area contributed by atoms with Crippen molar-refractivity contribution in [1.82, 2.24) is 0 Å². The van der Waals surface area contributed by atoms with Gasteiger partial charge < -0.3 is 5.73 Å². The Balaban J connectivity index is 2.13. The summed E-state index contributed by atoms with van der Waals surface area (Å²) < 4.78 is 0. The number of ketones is 1. The maximum Gasteiger partial charge on any atom is 0.167 e. The number of nitrogens with two attached hydrogens (primary N) is 1. The number of benzene rings is 2. The molecule has 19 heavy (non-hydrogen) atoms. The van der Waals surface area contributed by atoms with Crippen LogP contribution in [0.4, 0.5) is 5.69 Å². The first-order chi connectivity index (χ1) is 9.19. The molecule has 0 saturated heterocycles. The number of carbonyl (C=O) groups excluding carboxylic acids is 1. The van der Waals surface area contributed by atoms with Crippen LogP contribution in [-0.4, -0.2) is 5.78 Å². The molecule has 0 saturated carbocycles. The minimum absolute atomic E-state index is 0.142. The van der Waals surface area contributed by atoms with E-state index in [2.05, 4.69) is 13.0 Å². The van der Waals surface area contributed by atoms with E-state index in [1.807, 2.05) is 42.5 Å². The normalized spacial score (nSPS) is 10.4. The maximum absolute atomic E-state index is 12.2. The highest BCUT2D eigenvalue weighted by molar-refractivity contribution is 5.97. The van der Waals surface area contributed by atoms with Gasteiger partial charge in [-0.3, -0.25) is 4.79 Å². The molecule has 0 aliphatic rings. The number of hydrogen-bond acceptors (Lipinski definition) is 2. The molecule has 2 heteroatoms. The lowest BCUT2D eigenvalue weighted by molar-refractivity contribution is 0.0993. The zero-order valence-corrected chi connectivity index (χ0v) is 11.2. The van der Waals surface area contributed by atoms with Gasteiger partial charge in [0, 0.05) is 17.7 Å². The van der Waals surface area contributed by atoms with Crippen LogP contribution in [0.3, 0.4) is 0 Å². The number of carbonyl (C=O) groups is 1. The van der Waals surface area contributed by atoms with E-state index in [1.165, 1.54) is 5.56 Å². The summed E-state index contributed by atoms with van der Waals surface area (Å²) in [6.45, 7) is 2.14.